The Kier molecular flexibility index (Phi) is 4.11. The second-order valence-corrected chi connectivity index (χ2v) is 6.38. The van der Waals surface area contributed by atoms with Crippen molar-refractivity contribution < 1.29 is 9.53 Å². The third-order valence-electron chi connectivity index (χ3n) is 4.68. The van der Waals surface area contributed by atoms with Crippen LogP contribution in [0.2, 0.25) is 0 Å². The molecule has 2 aromatic rings. The number of carbonyl (C=O) groups excluding carboxylic acids is 1. The highest BCUT2D eigenvalue weighted by Gasteiger charge is 2.28. The Morgan fingerprint density at radius 3 is 3.00 bits per heavy atom. The number of hydrogen-bond donors (Lipinski definition) is 1. The van der Waals surface area contributed by atoms with Crippen molar-refractivity contribution in [1.82, 2.24) is 15.1 Å². The average Bonchev–Trinajstić information content (AvgIpc) is 3.27. The molecule has 1 amide bonds. The van der Waals surface area contributed by atoms with Gasteiger partial charge in [0.15, 0.2) is 0 Å². The highest BCUT2D eigenvalue weighted by Crippen LogP contribution is 2.24. The Bertz CT molecular complexity index is 690. The minimum atomic E-state index is 0.0405. The van der Waals surface area contributed by atoms with Crippen LogP contribution in [0.1, 0.15) is 18.5 Å². The van der Waals surface area contributed by atoms with E-state index in [1.807, 2.05) is 28.9 Å². The van der Waals surface area contributed by atoms with Crippen molar-refractivity contribution in [2.24, 2.45) is 5.92 Å². The first-order valence-electron chi connectivity index (χ1n) is 8.57. The van der Waals surface area contributed by atoms with Crippen molar-refractivity contribution in [1.29, 1.82) is 0 Å². The van der Waals surface area contributed by atoms with Gasteiger partial charge in [-0.1, -0.05) is 18.2 Å². The first-order chi connectivity index (χ1) is 11.8. The zero-order valence-electron chi connectivity index (χ0n) is 13.6. The fourth-order valence-electron chi connectivity index (χ4n) is 3.37. The highest BCUT2D eigenvalue weighted by molar-refractivity contribution is 5.80. The lowest BCUT2D eigenvalue weighted by atomic mass is 10.1. The molecule has 1 N–H and O–H groups in total. The van der Waals surface area contributed by atoms with Crippen molar-refractivity contribution in [2.75, 3.05) is 24.6 Å². The molecule has 3 heterocycles. The van der Waals surface area contributed by atoms with Crippen LogP contribution in [0.25, 0.3) is 0 Å². The summed E-state index contributed by atoms with van der Waals surface area (Å²) >= 11 is 0. The Balaban J connectivity index is 1.31. The van der Waals surface area contributed by atoms with Crippen LogP contribution in [0.15, 0.2) is 36.4 Å². The van der Waals surface area contributed by atoms with Gasteiger partial charge >= 0.3 is 0 Å². The molecule has 1 fully saturated rings. The van der Waals surface area contributed by atoms with Gasteiger partial charge in [-0.3, -0.25) is 4.79 Å². The molecule has 0 saturated carbocycles. The van der Waals surface area contributed by atoms with Gasteiger partial charge in [-0.2, -0.15) is 5.10 Å². The van der Waals surface area contributed by atoms with Crippen LogP contribution in [-0.4, -0.2) is 35.4 Å². The number of hydrogen-bond acceptors (Lipinski definition) is 4. The number of aryl methyl sites for hydroxylation is 1. The number of ether oxygens (including phenoxy) is 1. The summed E-state index contributed by atoms with van der Waals surface area (Å²) in [5, 5.41) is 7.50. The molecule has 0 bridgehead atoms. The maximum Gasteiger partial charge on any atom is 0.225 e. The van der Waals surface area contributed by atoms with Gasteiger partial charge in [-0.25, -0.2) is 4.68 Å². The number of carbonyl (C=O) groups is 1. The van der Waals surface area contributed by atoms with Gasteiger partial charge in [-0.05, 0) is 18.6 Å². The fourth-order valence-corrected chi connectivity index (χ4v) is 3.37. The summed E-state index contributed by atoms with van der Waals surface area (Å²) in [4.78, 5) is 14.7. The quantitative estimate of drug-likeness (QED) is 0.931. The number of aromatic nitrogens is 2. The fraction of sp³-hybridized carbons (Fsp3) is 0.444. The maximum absolute atomic E-state index is 12.4. The lowest BCUT2D eigenvalue weighted by Crippen LogP contribution is -2.32. The molecule has 1 aromatic heterocycles. The Morgan fingerprint density at radius 2 is 2.17 bits per heavy atom. The predicted octanol–water partition coefficient (Wildman–Crippen LogP) is 1.81. The first-order valence-corrected chi connectivity index (χ1v) is 8.57. The van der Waals surface area contributed by atoms with Gasteiger partial charge in [-0.15, -0.1) is 0 Å². The average molecular weight is 326 g/mol. The molecule has 1 atom stereocenters. The van der Waals surface area contributed by atoms with Crippen molar-refractivity contribution >= 4 is 11.6 Å². The standard InChI is InChI=1S/C18H22N4O2/c23-18(14-7-9-21(13-14)16-5-2-1-3-6-16)19-12-15-11-17-22(20-15)8-4-10-24-17/h1-3,5-6,11,14H,4,7-10,12-13H2,(H,19,23)/t14-/m1/s1. The predicted molar refractivity (Wildman–Crippen MR) is 90.9 cm³/mol. The number of nitrogens with one attached hydrogen (secondary N) is 1. The van der Waals surface area contributed by atoms with E-state index in [0.717, 1.165) is 50.7 Å². The molecule has 0 radical (unpaired) electrons. The summed E-state index contributed by atoms with van der Waals surface area (Å²) in [7, 11) is 0. The van der Waals surface area contributed by atoms with Gasteiger partial charge in [0.25, 0.3) is 0 Å². The van der Waals surface area contributed by atoms with E-state index in [1.54, 1.807) is 0 Å². The van der Waals surface area contributed by atoms with Gasteiger partial charge < -0.3 is 15.0 Å². The van der Waals surface area contributed by atoms with Crippen LogP contribution in [0.4, 0.5) is 5.69 Å². The van der Waals surface area contributed by atoms with Crippen LogP contribution < -0.4 is 15.0 Å². The third kappa shape index (κ3) is 3.09. The van der Waals surface area contributed by atoms with Crippen LogP contribution >= 0.6 is 0 Å². The minimum absolute atomic E-state index is 0.0405. The largest absolute Gasteiger partial charge is 0.478 e. The van der Waals surface area contributed by atoms with Gasteiger partial charge in [0.05, 0.1) is 24.8 Å². The molecule has 6 heteroatoms. The molecule has 1 saturated heterocycles. The maximum atomic E-state index is 12.4. The van der Waals surface area contributed by atoms with Crippen molar-refractivity contribution in [3.63, 3.8) is 0 Å². The monoisotopic (exact) mass is 326 g/mol. The molecule has 0 unspecified atom stereocenters. The smallest absolute Gasteiger partial charge is 0.225 e. The summed E-state index contributed by atoms with van der Waals surface area (Å²) in [6.45, 7) is 3.80. The zero-order valence-corrected chi connectivity index (χ0v) is 13.6. The summed E-state index contributed by atoms with van der Waals surface area (Å²) in [5.41, 5.74) is 2.05. The molecule has 2 aliphatic rings. The molecule has 24 heavy (non-hydrogen) atoms. The van der Waals surface area contributed by atoms with Crippen LogP contribution in [0.3, 0.4) is 0 Å². The summed E-state index contributed by atoms with van der Waals surface area (Å²) in [5.74, 6) is 0.959. The van der Waals surface area contributed by atoms with E-state index in [1.165, 1.54) is 5.69 Å². The number of benzene rings is 1. The van der Waals surface area contributed by atoms with E-state index < -0.39 is 0 Å². The molecule has 0 spiro atoms. The molecule has 1 aromatic carbocycles. The topological polar surface area (TPSA) is 59.4 Å². The molecule has 0 aliphatic carbocycles. The third-order valence-corrected chi connectivity index (χ3v) is 4.68. The number of nitrogens with zero attached hydrogens (tertiary/aromatic N) is 3. The normalized spacial score (nSPS) is 19.7. The number of amides is 1. The second-order valence-electron chi connectivity index (χ2n) is 6.38. The van der Waals surface area contributed by atoms with Gasteiger partial charge in [0, 0.05) is 37.8 Å². The molecule has 126 valence electrons. The van der Waals surface area contributed by atoms with Crippen LogP contribution in [0, 0.1) is 5.92 Å². The molecule has 6 nitrogen and oxygen atoms in total. The van der Waals surface area contributed by atoms with Crippen molar-refractivity contribution in [2.45, 2.75) is 25.9 Å². The zero-order chi connectivity index (χ0) is 16.4. The molecule has 4 rings (SSSR count). The van der Waals surface area contributed by atoms with E-state index in [9.17, 15) is 4.79 Å². The Labute approximate surface area is 141 Å². The lowest BCUT2D eigenvalue weighted by molar-refractivity contribution is -0.124. The molecule has 2 aliphatic heterocycles. The number of rotatable bonds is 4. The molecular formula is C18H22N4O2. The summed E-state index contributed by atoms with van der Waals surface area (Å²) in [6, 6.07) is 12.2. The van der Waals surface area contributed by atoms with E-state index in [-0.39, 0.29) is 11.8 Å². The SMILES string of the molecule is O=C(NCc1cc2n(n1)CCCO2)[C@@H]1CCN(c2ccccc2)C1. The second kappa shape index (κ2) is 6.55. The van der Waals surface area contributed by atoms with Crippen LogP contribution in [0.5, 0.6) is 5.88 Å². The van der Waals surface area contributed by atoms with Crippen molar-refractivity contribution in [3.8, 4) is 5.88 Å². The lowest BCUT2D eigenvalue weighted by Gasteiger charge is -2.18. The number of fused-ring (bicyclic) bond motifs is 1. The van der Waals surface area contributed by atoms with Crippen molar-refractivity contribution in [3.05, 3.63) is 42.1 Å². The highest BCUT2D eigenvalue weighted by atomic mass is 16.5. The van der Waals surface area contributed by atoms with E-state index in [0.29, 0.717) is 6.54 Å². The first kappa shape index (κ1) is 15.1. The summed E-state index contributed by atoms with van der Waals surface area (Å²) in [6.07, 6.45) is 1.88. The number of para-hydroxylation sites is 1. The van der Waals surface area contributed by atoms with Crippen LogP contribution in [-0.2, 0) is 17.9 Å². The molecular weight excluding hydrogens is 304 g/mol. The van der Waals surface area contributed by atoms with E-state index in [4.69, 9.17) is 4.74 Å². The minimum Gasteiger partial charge on any atom is -0.478 e. The number of anilines is 1. The van der Waals surface area contributed by atoms with Gasteiger partial charge in [0.1, 0.15) is 0 Å². The Hall–Kier alpha value is -2.50. The van der Waals surface area contributed by atoms with E-state index in [2.05, 4.69) is 27.4 Å². The summed E-state index contributed by atoms with van der Waals surface area (Å²) < 4.78 is 7.43. The van der Waals surface area contributed by atoms with E-state index >= 15 is 0 Å². The van der Waals surface area contributed by atoms with Gasteiger partial charge in [0.2, 0.25) is 11.8 Å². The Morgan fingerprint density at radius 1 is 1.29 bits per heavy atom.